The molecule has 0 unspecified atom stereocenters. The van der Waals surface area contributed by atoms with Crippen LogP contribution < -0.4 is 5.32 Å². The Morgan fingerprint density at radius 1 is 1.22 bits per heavy atom. The molecule has 0 atom stereocenters. The van der Waals surface area contributed by atoms with Crippen LogP contribution in [0.15, 0.2) is 22.6 Å². The van der Waals surface area contributed by atoms with E-state index in [9.17, 15) is 9.59 Å². The second-order valence-electron chi connectivity index (χ2n) is 7.66. The number of likely N-dealkylation sites (tertiary alicyclic amines) is 1. The highest BCUT2D eigenvalue weighted by Gasteiger charge is 2.21. The minimum Gasteiger partial charge on any atom is -0.440 e. The van der Waals surface area contributed by atoms with Crippen molar-refractivity contribution in [3.8, 4) is 0 Å². The lowest BCUT2D eigenvalue weighted by Crippen LogP contribution is -2.30. The van der Waals surface area contributed by atoms with Gasteiger partial charge in [-0.3, -0.25) is 9.59 Å². The second kappa shape index (κ2) is 8.11. The third-order valence-electron chi connectivity index (χ3n) is 5.68. The number of fused-ring (bicyclic) bond motifs is 1. The molecule has 27 heavy (non-hydrogen) atoms. The highest BCUT2D eigenvalue weighted by molar-refractivity contribution is 5.97. The van der Waals surface area contributed by atoms with Crippen LogP contribution in [0.2, 0.25) is 0 Å². The maximum atomic E-state index is 12.4. The van der Waals surface area contributed by atoms with E-state index in [1.165, 1.54) is 19.3 Å². The number of benzene rings is 1. The Morgan fingerprint density at radius 3 is 2.85 bits per heavy atom. The minimum absolute atomic E-state index is 0.111. The van der Waals surface area contributed by atoms with E-state index in [0.29, 0.717) is 36.6 Å². The molecule has 1 aromatic heterocycles. The van der Waals surface area contributed by atoms with Gasteiger partial charge in [0.1, 0.15) is 5.52 Å². The van der Waals surface area contributed by atoms with Crippen molar-refractivity contribution >= 4 is 22.9 Å². The Bertz CT molecular complexity index is 823. The highest BCUT2D eigenvalue weighted by atomic mass is 16.3. The summed E-state index contributed by atoms with van der Waals surface area (Å²) in [5.41, 5.74) is 2.09. The fraction of sp³-hybridized carbons (Fsp3) is 0.571. The molecule has 1 saturated carbocycles. The zero-order valence-electron chi connectivity index (χ0n) is 15.7. The average molecular weight is 369 g/mol. The van der Waals surface area contributed by atoms with Gasteiger partial charge in [0.15, 0.2) is 11.5 Å². The van der Waals surface area contributed by atoms with E-state index >= 15 is 0 Å². The van der Waals surface area contributed by atoms with Crippen LogP contribution in [0, 0.1) is 0 Å². The van der Waals surface area contributed by atoms with Gasteiger partial charge in [-0.25, -0.2) is 4.98 Å². The van der Waals surface area contributed by atoms with Crippen molar-refractivity contribution in [2.45, 2.75) is 57.3 Å². The van der Waals surface area contributed by atoms with Gasteiger partial charge in [-0.05, 0) is 43.9 Å². The van der Waals surface area contributed by atoms with Crippen LogP contribution in [-0.4, -0.2) is 41.3 Å². The molecule has 0 radical (unpaired) electrons. The maximum absolute atomic E-state index is 12.4. The van der Waals surface area contributed by atoms with Crippen molar-refractivity contribution in [1.29, 1.82) is 0 Å². The number of aromatic nitrogens is 1. The van der Waals surface area contributed by atoms with Crippen LogP contribution >= 0.6 is 0 Å². The molecule has 144 valence electrons. The number of amides is 2. The Kier molecular flexibility index (Phi) is 5.41. The molecule has 1 aliphatic heterocycles. The first kappa shape index (κ1) is 18.0. The lowest BCUT2D eigenvalue weighted by Gasteiger charge is -2.17. The molecule has 6 nitrogen and oxygen atoms in total. The van der Waals surface area contributed by atoms with Crippen LogP contribution in [0.25, 0.3) is 11.1 Å². The monoisotopic (exact) mass is 369 g/mol. The molecule has 1 N–H and O–H groups in total. The summed E-state index contributed by atoms with van der Waals surface area (Å²) < 4.78 is 5.97. The molecule has 2 amide bonds. The Labute approximate surface area is 159 Å². The number of nitrogens with zero attached hydrogens (tertiary/aromatic N) is 2. The smallest absolute Gasteiger partial charge is 0.251 e. The van der Waals surface area contributed by atoms with E-state index in [4.69, 9.17) is 4.42 Å². The summed E-state index contributed by atoms with van der Waals surface area (Å²) in [5, 5.41) is 2.93. The fourth-order valence-corrected chi connectivity index (χ4v) is 4.12. The van der Waals surface area contributed by atoms with Gasteiger partial charge in [-0.1, -0.05) is 19.3 Å². The van der Waals surface area contributed by atoms with Gasteiger partial charge in [0.05, 0.1) is 0 Å². The molecular formula is C21H27N3O3. The Hall–Kier alpha value is -2.37. The zero-order valence-corrected chi connectivity index (χ0v) is 15.7. The predicted octanol–water partition coefficient (Wildman–Crippen LogP) is 3.62. The molecule has 6 heteroatoms. The van der Waals surface area contributed by atoms with E-state index in [1.807, 2.05) is 11.0 Å². The lowest BCUT2D eigenvalue weighted by atomic mass is 9.89. The summed E-state index contributed by atoms with van der Waals surface area (Å²) in [6, 6.07) is 5.45. The van der Waals surface area contributed by atoms with Gasteiger partial charge in [0.25, 0.3) is 5.91 Å². The van der Waals surface area contributed by atoms with E-state index in [0.717, 1.165) is 43.6 Å². The lowest BCUT2D eigenvalue weighted by molar-refractivity contribution is -0.127. The van der Waals surface area contributed by atoms with Crippen LogP contribution in [0.1, 0.15) is 73.5 Å². The van der Waals surface area contributed by atoms with Crippen LogP contribution in [0.5, 0.6) is 0 Å². The van der Waals surface area contributed by atoms with Crippen LogP contribution in [-0.2, 0) is 4.79 Å². The first-order valence-corrected chi connectivity index (χ1v) is 10.2. The summed E-state index contributed by atoms with van der Waals surface area (Å²) >= 11 is 0. The molecule has 4 rings (SSSR count). The molecule has 1 saturated heterocycles. The van der Waals surface area contributed by atoms with Crippen molar-refractivity contribution < 1.29 is 14.0 Å². The number of carbonyl (C=O) groups is 2. The predicted molar refractivity (Wildman–Crippen MR) is 103 cm³/mol. The molecule has 2 heterocycles. The maximum Gasteiger partial charge on any atom is 0.251 e. The van der Waals surface area contributed by atoms with E-state index in [2.05, 4.69) is 10.3 Å². The summed E-state index contributed by atoms with van der Waals surface area (Å²) in [6.07, 6.45) is 8.43. The van der Waals surface area contributed by atoms with Gasteiger partial charge < -0.3 is 14.6 Å². The van der Waals surface area contributed by atoms with E-state index in [1.54, 1.807) is 12.1 Å². The number of hydrogen-bond donors (Lipinski definition) is 1. The van der Waals surface area contributed by atoms with E-state index in [-0.39, 0.29) is 11.8 Å². The first-order chi connectivity index (χ1) is 13.2. The van der Waals surface area contributed by atoms with Gasteiger partial charge >= 0.3 is 0 Å². The largest absolute Gasteiger partial charge is 0.440 e. The van der Waals surface area contributed by atoms with Crippen molar-refractivity contribution in [3.63, 3.8) is 0 Å². The zero-order chi connectivity index (χ0) is 18.6. The molecule has 0 bridgehead atoms. The Balaban J connectivity index is 1.33. The number of carbonyl (C=O) groups excluding carboxylic acids is 2. The standard InChI is InChI=1S/C21H27N3O3/c25-19-8-4-12-24(19)13-5-11-22-20(26)16-9-10-17-18(14-16)27-21(23-17)15-6-2-1-3-7-15/h9-10,14-15H,1-8,11-13H2,(H,22,26). The summed E-state index contributed by atoms with van der Waals surface area (Å²) in [7, 11) is 0. The molecule has 2 aliphatic rings. The molecule has 0 spiro atoms. The molecule has 1 aromatic carbocycles. The van der Waals surface area contributed by atoms with Gasteiger partial charge in [0, 0.05) is 37.5 Å². The fourth-order valence-electron chi connectivity index (χ4n) is 4.12. The number of nitrogens with one attached hydrogen (secondary N) is 1. The van der Waals surface area contributed by atoms with Crippen molar-refractivity contribution in [2.75, 3.05) is 19.6 Å². The average Bonchev–Trinajstić information content (AvgIpc) is 3.31. The summed E-state index contributed by atoms with van der Waals surface area (Å²) in [4.78, 5) is 30.5. The normalized spacial score (nSPS) is 18.4. The molecule has 2 fully saturated rings. The summed E-state index contributed by atoms with van der Waals surface area (Å²) in [5.74, 6) is 1.35. The quantitative estimate of drug-likeness (QED) is 0.789. The van der Waals surface area contributed by atoms with Crippen LogP contribution in [0.3, 0.4) is 0 Å². The minimum atomic E-state index is -0.111. The molecule has 1 aliphatic carbocycles. The highest BCUT2D eigenvalue weighted by Crippen LogP contribution is 2.33. The van der Waals surface area contributed by atoms with Gasteiger partial charge in [0.2, 0.25) is 5.91 Å². The van der Waals surface area contributed by atoms with Crippen molar-refractivity contribution in [3.05, 3.63) is 29.7 Å². The van der Waals surface area contributed by atoms with E-state index < -0.39 is 0 Å². The third kappa shape index (κ3) is 4.15. The van der Waals surface area contributed by atoms with Crippen LogP contribution in [0.4, 0.5) is 0 Å². The second-order valence-corrected chi connectivity index (χ2v) is 7.66. The number of oxazole rings is 1. The van der Waals surface area contributed by atoms with Gasteiger partial charge in [-0.15, -0.1) is 0 Å². The topological polar surface area (TPSA) is 75.4 Å². The molecular weight excluding hydrogens is 342 g/mol. The van der Waals surface area contributed by atoms with Crippen molar-refractivity contribution in [1.82, 2.24) is 15.2 Å². The number of rotatable bonds is 6. The molecule has 2 aromatic rings. The SMILES string of the molecule is O=C(NCCCN1CCCC1=O)c1ccc2nc(C3CCCCC3)oc2c1. The third-order valence-corrected chi connectivity index (χ3v) is 5.68. The van der Waals surface area contributed by atoms with Crippen molar-refractivity contribution in [2.24, 2.45) is 0 Å². The Morgan fingerprint density at radius 2 is 2.07 bits per heavy atom. The number of hydrogen-bond acceptors (Lipinski definition) is 4. The van der Waals surface area contributed by atoms with Gasteiger partial charge in [-0.2, -0.15) is 0 Å². The first-order valence-electron chi connectivity index (χ1n) is 10.2. The summed E-state index contributed by atoms with van der Waals surface area (Å²) in [6.45, 7) is 2.12.